The van der Waals surface area contributed by atoms with Gasteiger partial charge in [-0.3, -0.25) is 9.78 Å². The van der Waals surface area contributed by atoms with E-state index < -0.39 is 28.8 Å². The van der Waals surface area contributed by atoms with E-state index in [9.17, 15) is 13.6 Å². The smallest absolute Gasteiger partial charge is 0.262 e. The second kappa shape index (κ2) is 5.96. The van der Waals surface area contributed by atoms with Crippen molar-refractivity contribution in [3.05, 3.63) is 63.9 Å². The Balaban J connectivity index is 1.59. The van der Waals surface area contributed by atoms with E-state index in [1.807, 2.05) is 0 Å². The lowest BCUT2D eigenvalue weighted by Gasteiger charge is -2.33. The van der Waals surface area contributed by atoms with E-state index in [4.69, 9.17) is 16.3 Å². The highest BCUT2D eigenvalue weighted by atomic mass is 35.5. The molecule has 1 aliphatic heterocycles. The highest BCUT2D eigenvalue weighted by Crippen LogP contribution is 2.53. The molecule has 26 heavy (non-hydrogen) atoms. The third kappa shape index (κ3) is 2.66. The van der Waals surface area contributed by atoms with Crippen LogP contribution in [0.25, 0.3) is 0 Å². The van der Waals surface area contributed by atoms with Gasteiger partial charge in [0.1, 0.15) is 17.2 Å². The lowest BCUT2D eigenvalue weighted by Crippen LogP contribution is -2.45. The van der Waals surface area contributed by atoms with Gasteiger partial charge in [0, 0.05) is 29.9 Å². The monoisotopic (exact) mass is 382 g/mol. The summed E-state index contributed by atoms with van der Waals surface area (Å²) in [6.07, 6.45) is 1.78. The Labute approximate surface area is 152 Å². The first-order chi connectivity index (χ1) is 12.4. The van der Waals surface area contributed by atoms with Crippen molar-refractivity contribution < 1.29 is 22.7 Å². The Bertz CT molecular complexity index is 881. The predicted octanol–water partition coefficient (Wildman–Crippen LogP) is 3.51. The molecule has 1 N–H and O–H groups in total. The number of rotatable bonds is 3. The zero-order valence-corrected chi connectivity index (χ0v) is 14.2. The SMILES string of the molecule is O=C(NCc1c(F)cc(F)cc1Cl)[C@]1(F)CC[C@@]2(CO2)c2ncccc21. The second-order valence-electron chi connectivity index (χ2n) is 6.51. The van der Waals surface area contributed by atoms with Crippen LogP contribution in [0.3, 0.4) is 0 Å². The maximum absolute atomic E-state index is 15.6. The van der Waals surface area contributed by atoms with E-state index in [2.05, 4.69) is 10.3 Å². The van der Waals surface area contributed by atoms with Gasteiger partial charge in [0.05, 0.1) is 17.3 Å². The molecule has 136 valence electrons. The predicted molar refractivity (Wildman–Crippen MR) is 87.1 cm³/mol. The van der Waals surface area contributed by atoms with Crippen LogP contribution in [0.4, 0.5) is 13.2 Å². The van der Waals surface area contributed by atoms with Crippen LogP contribution in [0.2, 0.25) is 5.02 Å². The number of ether oxygens (including phenoxy) is 1. The molecule has 2 heterocycles. The van der Waals surface area contributed by atoms with Crippen molar-refractivity contribution in [3.8, 4) is 0 Å². The molecule has 4 rings (SSSR count). The average Bonchev–Trinajstić information content (AvgIpc) is 3.38. The number of nitrogens with one attached hydrogen (secondary N) is 1. The summed E-state index contributed by atoms with van der Waals surface area (Å²) in [5.74, 6) is -2.65. The number of alkyl halides is 1. The van der Waals surface area contributed by atoms with Gasteiger partial charge in [0.2, 0.25) is 5.67 Å². The number of carbonyl (C=O) groups is 1. The third-order valence-corrected chi connectivity index (χ3v) is 5.26. The summed E-state index contributed by atoms with van der Waals surface area (Å²) < 4.78 is 48.0. The molecular formula is C18H14ClF3N2O2. The summed E-state index contributed by atoms with van der Waals surface area (Å²) in [7, 11) is 0. The number of hydrogen-bond acceptors (Lipinski definition) is 3. The van der Waals surface area contributed by atoms with Crippen molar-refractivity contribution in [1.29, 1.82) is 0 Å². The first-order valence-electron chi connectivity index (χ1n) is 8.06. The maximum Gasteiger partial charge on any atom is 0.262 e. The van der Waals surface area contributed by atoms with Gasteiger partial charge >= 0.3 is 0 Å². The van der Waals surface area contributed by atoms with E-state index in [0.29, 0.717) is 24.8 Å². The van der Waals surface area contributed by atoms with Crippen molar-refractivity contribution >= 4 is 17.5 Å². The van der Waals surface area contributed by atoms with Crippen LogP contribution in [0.5, 0.6) is 0 Å². The second-order valence-corrected chi connectivity index (χ2v) is 6.92. The summed E-state index contributed by atoms with van der Waals surface area (Å²) in [5.41, 5.74) is -2.42. The molecule has 0 saturated carbocycles. The van der Waals surface area contributed by atoms with Gasteiger partial charge < -0.3 is 10.1 Å². The molecule has 2 atom stereocenters. The molecule has 1 fully saturated rings. The third-order valence-electron chi connectivity index (χ3n) is 4.92. The summed E-state index contributed by atoms with van der Waals surface area (Å²) in [4.78, 5) is 16.8. The lowest BCUT2D eigenvalue weighted by atomic mass is 9.77. The first kappa shape index (κ1) is 17.3. The van der Waals surface area contributed by atoms with Gasteiger partial charge in [-0.15, -0.1) is 0 Å². The Morgan fingerprint density at radius 3 is 2.81 bits per heavy atom. The van der Waals surface area contributed by atoms with E-state index in [0.717, 1.165) is 6.07 Å². The van der Waals surface area contributed by atoms with E-state index in [1.165, 1.54) is 12.3 Å². The molecule has 1 aliphatic carbocycles. The number of amides is 1. The number of epoxide rings is 1. The Hall–Kier alpha value is -2.12. The minimum Gasteiger partial charge on any atom is -0.363 e. The molecule has 1 amide bonds. The Morgan fingerprint density at radius 1 is 1.35 bits per heavy atom. The summed E-state index contributed by atoms with van der Waals surface area (Å²) >= 11 is 5.81. The zero-order valence-electron chi connectivity index (χ0n) is 13.5. The van der Waals surface area contributed by atoms with Crippen LogP contribution >= 0.6 is 11.6 Å². The van der Waals surface area contributed by atoms with Crippen molar-refractivity contribution in [2.75, 3.05) is 6.61 Å². The molecule has 1 aromatic heterocycles. The normalized spacial score (nSPS) is 26.5. The highest BCUT2D eigenvalue weighted by Gasteiger charge is 2.58. The molecular weight excluding hydrogens is 369 g/mol. The van der Waals surface area contributed by atoms with Crippen LogP contribution < -0.4 is 5.32 Å². The fourth-order valence-electron chi connectivity index (χ4n) is 3.37. The minimum atomic E-state index is -2.30. The van der Waals surface area contributed by atoms with Crippen LogP contribution in [-0.2, 0) is 27.3 Å². The molecule has 2 aromatic rings. The number of carbonyl (C=O) groups excluding carboxylic acids is 1. The van der Waals surface area contributed by atoms with Crippen molar-refractivity contribution in [1.82, 2.24) is 10.3 Å². The molecule has 2 aliphatic rings. The van der Waals surface area contributed by atoms with Gasteiger partial charge in [-0.1, -0.05) is 17.7 Å². The number of hydrogen-bond donors (Lipinski definition) is 1. The number of nitrogens with zero attached hydrogens (tertiary/aromatic N) is 1. The Kier molecular flexibility index (Phi) is 3.96. The average molecular weight is 383 g/mol. The van der Waals surface area contributed by atoms with Gasteiger partial charge in [0.25, 0.3) is 5.91 Å². The fourth-order valence-corrected chi connectivity index (χ4v) is 3.63. The molecule has 1 spiro atoms. The number of pyridine rings is 1. The lowest BCUT2D eigenvalue weighted by molar-refractivity contribution is -0.135. The maximum atomic E-state index is 15.6. The van der Waals surface area contributed by atoms with E-state index in [1.54, 1.807) is 6.07 Å². The van der Waals surface area contributed by atoms with Crippen LogP contribution in [0.15, 0.2) is 30.5 Å². The first-order valence-corrected chi connectivity index (χ1v) is 8.44. The minimum absolute atomic E-state index is 0.0723. The van der Waals surface area contributed by atoms with Gasteiger partial charge in [0.15, 0.2) is 0 Å². The van der Waals surface area contributed by atoms with Gasteiger partial charge in [-0.2, -0.15) is 0 Å². The van der Waals surface area contributed by atoms with Crippen LogP contribution in [0.1, 0.15) is 29.7 Å². The standard InChI is InChI=1S/C18H14ClF3N2O2/c19-13-6-10(20)7-14(21)11(13)8-24-16(25)18(22)4-3-17(9-26-17)15-12(18)2-1-5-23-15/h1-2,5-7H,3-4,8-9H2,(H,24,25)/t17-,18+/m1/s1. The number of halogens is 4. The van der Waals surface area contributed by atoms with E-state index >= 15 is 4.39 Å². The quantitative estimate of drug-likeness (QED) is 0.826. The summed E-state index contributed by atoms with van der Waals surface area (Å²) in [5, 5.41) is 2.20. The van der Waals surface area contributed by atoms with Crippen LogP contribution in [0, 0.1) is 11.6 Å². The molecule has 0 bridgehead atoms. The van der Waals surface area contributed by atoms with E-state index in [-0.39, 0.29) is 29.1 Å². The van der Waals surface area contributed by atoms with Crippen LogP contribution in [-0.4, -0.2) is 17.5 Å². The Morgan fingerprint density at radius 2 is 2.12 bits per heavy atom. The van der Waals surface area contributed by atoms with Gasteiger partial charge in [-0.25, -0.2) is 13.2 Å². The molecule has 8 heteroatoms. The zero-order chi connectivity index (χ0) is 18.5. The van der Waals surface area contributed by atoms with Crippen molar-refractivity contribution in [3.63, 3.8) is 0 Å². The summed E-state index contributed by atoms with van der Waals surface area (Å²) in [6, 6.07) is 4.66. The topological polar surface area (TPSA) is 54.5 Å². The molecule has 1 aromatic carbocycles. The number of benzene rings is 1. The fraction of sp³-hybridized carbons (Fsp3) is 0.333. The molecule has 4 nitrogen and oxygen atoms in total. The summed E-state index contributed by atoms with van der Waals surface area (Å²) in [6.45, 7) is 0.0950. The van der Waals surface area contributed by atoms with Gasteiger partial charge in [-0.05, 0) is 25.0 Å². The molecule has 1 saturated heterocycles. The van der Waals surface area contributed by atoms with Crippen molar-refractivity contribution in [2.24, 2.45) is 0 Å². The van der Waals surface area contributed by atoms with Crippen molar-refractivity contribution in [2.45, 2.75) is 30.7 Å². The largest absolute Gasteiger partial charge is 0.363 e. The number of fused-ring (bicyclic) bond motifs is 2. The molecule has 0 radical (unpaired) electrons. The highest BCUT2D eigenvalue weighted by molar-refractivity contribution is 6.31. The molecule has 0 unspecified atom stereocenters. The number of aromatic nitrogens is 1.